The number of aliphatic carboxylic acids is 1. The number of benzene rings is 2. The third kappa shape index (κ3) is 4.79. The van der Waals surface area contributed by atoms with Gasteiger partial charge in [0, 0.05) is 12.5 Å². The molecule has 33 heavy (non-hydrogen) atoms. The molecule has 0 spiro atoms. The fourth-order valence-corrected chi connectivity index (χ4v) is 4.49. The highest BCUT2D eigenvalue weighted by Crippen LogP contribution is 2.44. The van der Waals surface area contributed by atoms with E-state index in [1.54, 1.807) is 20.8 Å². The van der Waals surface area contributed by atoms with Crippen LogP contribution in [0.5, 0.6) is 0 Å². The van der Waals surface area contributed by atoms with Gasteiger partial charge >= 0.3 is 12.2 Å². The van der Waals surface area contributed by atoms with E-state index in [4.69, 9.17) is 9.47 Å². The van der Waals surface area contributed by atoms with E-state index in [0.29, 0.717) is 0 Å². The molecule has 0 unspecified atom stereocenters. The van der Waals surface area contributed by atoms with Gasteiger partial charge < -0.3 is 24.7 Å². The second-order valence-corrected chi connectivity index (χ2v) is 9.37. The molecule has 1 saturated heterocycles. The Morgan fingerprint density at radius 2 is 1.61 bits per heavy atom. The normalized spacial score (nSPS) is 19.5. The van der Waals surface area contributed by atoms with Gasteiger partial charge in [0.1, 0.15) is 12.2 Å². The standard InChI is InChI=1S/C25H28N2O6/c1-25(2,3)33-24(31)27-13-15(12-21(27)22(28)29)26-23(30)32-14-20-18-10-6-4-8-16(18)17-9-5-7-11-19(17)20/h4-11,15,20-21H,12-14H2,1-3H3,(H,26,30)(H,28,29)/p-1/t15-,21+/m1/s1. The number of rotatable bonds is 4. The molecule has 0 saturated carbocycles. The van der Waals surface area contributed by atoms with Gasteiger partial charge in [-0.1, -0.05) is 48.5 Å². The van der Waals surface area contributed by atoms with Crippen molar-refractivity contribution in [2.75, 3.05) is 13.2 Å². The summed E-state index contributed by atoms with van der Waals surface area (Å²) in [6, 6.07) is 14.3. The summed E-state index contributed by atoms with van der Waals surface area (Å²) >= 11 is 0. The molecule has 2 atom stereocenters. The van der Waals surface area contributed by atoms with Gasteiger partial charge in [0.25, 0.3) is 0 Å². The molecule has 2 aromatic carbocycles. The van der Waals surface area contributed by atoms with Crippen LogP contribution in [-0.4, -0.2) is 53.9 Å². The van der Waals surface area contributed by atoms with E-state index in [1.165, 1.54) is 0 Å². The van der Waals surface area contributed by atoms with Crippen LogP contribution in [0.2, 0.25) is 0 Å². The Morgan fingerprint density at radius 1 is 1.03 bits per heavy atom. The fraction of sp³-hybridized carbons (Fsp3) is 0.400. The van der Waals surface area contributed by atoms with Crippen molar-refractivity contribution in [2.24, 2.45) is 0 Å². The lowest BCUT2D eigenvalue weighted by Gasteiger charge is -2.28. The molecule has 8 heteroatoms. The van der Waals surface area contributed by atoms with Crippen LogP contribution < -0.4 is 10.4 Å². The average Bonchev–Trinajstić information content (AvgIpc) is 3.31. The zero-order valence-electron chi connectivity index (χ0n) is 18.9. The molecule has 1 heterocycles. The summed E-state index contributed by atoms with van der Waals surface area (Å²) < 4.78 is 10.8. The van der Waals surface area contributed by atoms with Gasteiger partial charge in [-0.2, -0.15) is 0 Å². The summed E-state index contributed by atoms with van der Waals surface area (Å²) in [6.45, 7) is 5.23. The number of fused-ring (bicyclic) bond motifs is 3. The molecule has 1 fully saturated rings. The number of likely N-dealkylation sites (tertiary alicyclic amines) is 1. The molecule has 1 N–H and O–H groups in total. The molecule has 2 aromatic rings. The first-order chi connectivity index (χ1) is 15.6. The van der Waals surface area contributed by atoms with Crippen molar-refractivity contribution in [3.05, 3.63) is 59.7 Å². The highest BCUT2D eigenvalue weighted by atomic mass is 16.6. The first kappa shape index (κ1) is 22.6. The average molecular weight is 451 g/mol. The van der Waals surface area contributed by atoms with E-state index in [2.05, 4.69) is 17.4 Å². The van der Waals surface area contributed by atoms with Crippen molar-refractivity contribution in [3.8, 4) is 11.1 Å². The molecule has 1 aliphatic heterocycles. The summed E-state index contributed by atoms with van der Waals surface area (Å²) in [4.78, 5) is 37.6. The maximum Gasteiger partial charge on any atom is 0.410 e. The summed E-state index contributed by atoms with van der Waals surface area (Å²) in [7, 11) is 0. The highest BCUT2D eigenvalue weighted by Gasteiger charge is 2.39. The molecule has 2 amide bonds. The fourth-order valence-electron chi connectivity index (χ4n) is 4.49. The third-order valence-corrected chi connectivity index (χ3v) is 5.87. The van der Waals surface area contributed by atoms with Crippen LogP contribution >= 0.6 is 0 Å². The number of hydrogen-bond acceptors (Lipinski definition) is 6. The van der Waals surface area contributed by atoms with Crippen LogP contribution in [0, 0.1) is 0 Å². The van der Waals surface area contributed by atoms with E-state index in [1.807, 2.05) is 36.4 Å². The van der Waals surface area contributed by atoms with Gasteiger partial charge in [0.2, 0.25) is 0 Å². The quantitative estimate of drug-likeness (QED) is 0.766. The Bertz CT molecular complexity index is 1030. The largest absolute Gasteiger partial charge is 0.548 e. The summed E-state index contributed by atoms with van der Waals surface area (Å²) in [6.07, 6.45) is -1.40. The number of ether oxygens (including phenoxy) is 2. The van der Waals surface area contributed by atoms with Crippen LogP contribution in [-0.2, 0) is 14.3 Å². The Balaban J connectivity index is 1.39. The zero-order valence-corrected chi connectivity index (χ0v) is 18.9. The number of carboxylic acids is 1. The first-order valence-electron chi connectivity index (χ1n) is 11.0. The predicted molar refractivity (Wildman–Crippen MR) is 118 cm³/mol. The van der Waals surface area contributed by atoms with Crippen molar-refractivity contribution >= 4 is 18.2 Å². The molecular formula is C25H27N2O6-. The Labute approximate surface area is 192 Å². The Morgan fingerprint density at radius 3 is 2.15 bits per heavy atom. The molecular weight excluding hydrogens is 424 g/mol. The SMILES string of the molecule is CC(C)(C)OC(=O)N1C[C@H](NC(=O)OCC2c3ccccc3-c3ccccc32)C[C@H]1C(=O)[O-]. The number of carboxylic acid groups (broad SMARTS) is 1. The van der Waals surface area contributed by atoms with Gasteiger partial charge in [0.15, 0.2) is 0 Å². The van der Waals surface area contributed by atoms with E-state index >= 15 is 0 Å². The lowest BCUT2D eigenvalue weighted by Crippen LogP contribution is -2.48. The molecule has 8 nitrogen and oxygen atoms in total. The zero-order chi connectivity index (χ0) is 23.8. The van der Waals surface area contributed by atoms with Gasteiger partial charge in [0.05, 0.1) is 18.1 Å². The van der Waals surface area contributed by atoms with Crippen molar-refractivity contribution in [2.45, 2.75) is 50.8 Å². The number of alkyl carbamates (subject to hydrolysis) is 1. The molecule has 0 radical (unpaired) electrons. The minimum absolute atomic E-state index is 0.00223. The summed E-state index contributed by atoms with van der Waals surface area (Å²) in [5, 5.41) is 14.2. The number of nitrogens with one attached hydrogen (secondary N) is 1. The molecule has 1 aliphatic carbocycles. The monoisotopic (exact) mass is 451 g/mol. The summed E-state index contributed by atoms with van der Waals surface area (Å²) in [5.41, 5.74) is 3.68. The minimum Gasteiger partial charge on any atom is -0.548 e. The third-order valence-electron chi connectivity index (χ3n) is 5.87. The Hall–Kier alpha value is -3.55. The van der Waals surface area contributed by atoms with Crippen molar-refractivity contribution in [3.63, 3.8) is 0 Å². The molecule has 0 bridgehead atoms. The smallest absolute Gasteiger partial charge is 0.410 e. The minimum atomic E-state index is -1.39. The second kappa shape index (κ2) is 8.77. The maximum atomic E-state index is 12.5. The number of nitrogens with zero attached hydrogens (tertiary/aromatic N) is 1. The first-order valence-corrected chi connectivity index (χ1v) is 11.0. The summed E-state index contributed by atoms with van der Waals surface area (Å²) in [5.74, 6) is -1.47. The number of carbonyl (C=O) groups is 3. The number of hydrogen-bond donors (Lipinski definition) is 1. The highest BCUT2D eigenvalue weighted by molar-refractivity contribution is 5.81. The maximum absolute atomic E-state index is 12.5. The lowest BCUT2D eigenvalue weighted by molar-refractivity contribution is -0.310. The van der Waals surface area contributed by atoms with Crippen LogP contribution in [0.25, 0.3) is 11.1 Å². The second-order valence-electron chi connectivity index (χ2n) is 9.37. The van der Waals surface area contributed by atoms with E-state index in [0.717, 1.165) is 27.2 Å². The topological polar surface area (TPSA) is 108 Å². The lowest BCUT2D eigenvalue weighted by atomic mass is 9.98. The van der Waals surface area contributed by atoms with Crippen LogP contribution in [0.15, 0.2) is 48.5 Å². The van der Waals surface area contributed by atoms with Gasteiger partial charge in [-0.3, -0.25) is 4.90 Å². The number of amides is 2. The van der Waals surface area contributed by atoms with Crippen LogP contribution in [0.1, 0.15) is 44.2 Å². The molecule has 0 aromatic heterocycles. The molecule has 4 rings (SSSR count). The van der Waals surface area contributed by atoms with Gasteiger partial charge in [-0.15, -0.1) is 0 Å². The van der Waals surface area contributed by atoms with E-state index in [9.17, 15) is 19.5 Å². The number of carbonyl (C=O) groups excluding carboxylic acids is 3. The van der Waals surface area contributed by atoms with E-state index < -0.39 is 35.8 Å². The van der Waals surface area contributed by atoms with Gasteiger partial charge in [-0.05, 0) is 49.4 Å². The van der Waals surface area contributed by atoms with Crippen molar-refractivity contribution in [1.29, 1.82) is 0 Å². The van der Waals surface area contributed by atoms with Crippen LogP contribution in [0.3, 0.4) is 0 Å². The van der Waals surface area contributed by atoms with Crippen molar-refractivity contribution in [1.82, 2.24) is 10.2 Å². The Kier molecular flexibility index (Phi) is 6.01. The van der Waals surface area contributed by atoms with Crippen molar-refractivity contribution < 1.29 is 29.0 Å². The molecule has 2 aliphatic rings. The van der Waals surface area contributed by atoms with Crippen LogP contribution in [0.4, 0.5) is 9.59 Å². The van der Waals surface area contributed by atoms with E-state index in [-0.39, 0.29) is 25.5 Å². The van der Waals surface area contributed by atoms with Gasteiger partial charge in [-0.25, -0.2) is 9.59 Å². The molecule has 174 valence electrons. The predicted octanol–water partition coefficient (Wildman–Crippen LogP) is 2.65.